The van der Waals surface area contributed by atoms with E-state index >= 15 is 0 Å². The van der Waals surface area contributed by atoms with Gasteiger partial charge in [-0.05, 0) is 224 Å². The second kappa shape index (κ2) is 31.1. The molecule has 674 valence electrons. The van der Waals surface area contributed by atoms with E-state index in [2.05, 4.69) is 544 Å². The highest BCUT2D eigenvalue weighted by molar-refractivity contribution is 6.27. The maximum atomic E-state index is 7.32. The second-order valence-corrected chi connectivity index (χ2v) is 38.1. The third-order valence-corrected chi connectivity index (χ3v) is 30.6. The smallest absolute Gasteiger partial charge is 0.172 e. The number of fused-ring (bicyclic) bond motifs is 30. The van der Waals surface area contributed by atoms with E-state index in [1.54, 1.807) is 0 Å². The molecule has 2 atom stereocenters. The molecule has 12 heteroatoms. The van der Waals surface area contributed by atoms with Gasteiger partial charge in [0.15, 0.2) is 23.0 Å². The molecule has 0 N–H and O–H groups in total. The third-order valence-electron chi connectivity index (χ3n) is 30.6. The Bertz CT molecular complexity index is 9960. The van der Waals surface area contributed by atoms with E-state index in [1.165, 1.54) is 92.5 Å². The lowest BCUT2D eigenvalue weighted by molar-refractivity contribution is 0.360. The summed E-state index contributed by atoms with van der Waals surface area (Å²) in [5.74, 6) is 2.47. The van der Waals surface area contributed by atoms with Crippen molar-refractivity contribution in [3.8, 4) is 62.8 Å². The van der Waals surface area contributed by atoms with Gasteiger partial charge in [0, 0.05) is 168 Å². The molecule has 28 aromatic rings. The van der Waals surface area contributed by atoms with E-state index < -0.39 is 0 Å². The second-order valence-electron chi connectivity index (χ2n) is 38.1. The van der Waals surface area contributed by atoms with Crippen molar-refractivity contribution in [3.05, 3.63) is 508 Å². The molecule has 2 aliphatic heterocycles. The first-order valence-corrected chi connectivity index (χ1v) is 49.4. The van der Waals surface area contributed by atoms with Crippen molar-refractivity contribution in [1.82, 2.24) is 32.0 Å². The lowest BCUT2D eigenvalue weighted by atomic mass is 9.86. The highest BCUT2D eigenvalue weighted by atomic mass is 16.6. The van der Waals surface area contributed by atoms with E-state index in [0.717, 1.165) is 151 Å². The van der Waals surface area contributed by atoms with Gasteiger partial charge in [0.05, 0.1) is 94.8 Å². The lowest BCUT2D eigenvalue weighted by Gasteiger charge is -2.33. The highest BCUT2D eigenvalue weighted by Crippen LogP contribution is 2.59. The molecule has 1 aliphatic carbocycles. The number of benzene rings is 21. The fourth-order valence-corrected chi connectivity index (χ4v) is 24.7. The summed E-state index contributed by atoms with van der Waals surface area (Å²) >= 11 is 0. The SMILES string of the molecule is C1=CC2c3ccccc3N(c3ccccc3)C2c2c1c1ccccc1n2-c1ccc(N(c2ccc(-n3c4ccccc4c4ccc5c6ccccc6n(-c6ccccc6)c5c43)cc2)c2ccc3c(c2)Oc2ccc(N(c4ccc(-n5c6ccccc6c6ccc7c8ccccc8n(-c8ccccc8)c7c65)cc4)c4ccc(-n5c6ccccc6c6ccc7c8ccccc8n(-c8ccccc8)c7c65)cc4)cc2O3)cc1. The summed E-state index contributed by atoms with van der Waals surface area (Å²) in [5, 5.41) is 15.5. The zero-order valence-electron chi connectivity index (χ0n) is 77.8. The van der Waals surface area contributed by atoms with Gasteiger partial charge < -0.3 is 56.1 Å². The standard InChI is InChI=1S/C132H84N10O2/c1-5-29-83(30-6-1)135-113-45-21-13-37-97(113)105-71-75-109-101-41-17-25-49-117(101)139(129(109)125(105)135)91-61-53-87(54-62-91)133(88-55-63-92(64-56-88)140-118-50-26-18-42-102(118)110-76-72-106-98-38-14-22-46-114(98)136(126(106)130(110)140)84-31-7-2-8-32-84)95-69-79-121-123(81-95)143-122-80-70-96(82-124(122)144-121)134(89-57-65-93(66-58-89)141-119-51-27-19-43-103(119)111-77-73-107-99-39-15-23-47-115(99)137(127(107)131(111)141)85-33-9-3-10-34-85)90-59-67-94(68-60-90)142-120-52-28-20-44-104(120)112-78-74-108-100-40-16-24-48-116(100)138(128(108)132(112)142)86-35-11-4-12-36-86/h1-82,105,125H. The molecule has 0 amide bonds. The van der Waals surface area contributed by atoms with Crippen molar-refractivity contribution in [1.29, 1.82) is 0 Å². The van der Waals surface area contributed by atoms with Crippen molar-refractivity contribution < 1.29 is 9.47 Å². The highest BCUT2D eigenvalue weighted by Gasteiger charge is 2.45. The maximum absolute atomic E-state index is 7.32. The van der Waals surface area contributed by atoms with Crippen LogP contribution in [-0.4, -0.2) is 32.0 Å². The van der Waals surface area contributed by atoms with E-state index in [-0.39, 0.29) is 12.0 Å². The average Bonchev–Trinajstić information content (AvgIpc) is 1.55. The van der Waals surface area contributed by atoms with Crippen LogP contribution in [0.25, 0.3) is 188 Å². The molecule has 7 aromatic heterocycles. The predicted molar refractivity (Wildman–Crippen MR) is 595 cm³/mol. The van der Waals surface area contributed by atoms with Gasteiger partial charge >= 0.3 is 0 Å². The summed E-state index contributed by atoms with van der Waals surface area (Å²) in [5.41, 5.74) is 34.2. The molecule has 12 nitrogen and oxygen atoms in total. The van der Waals surface area contributed by atoms with E-state index in [1.807, 2.05) is 0 Å². The molecular formula is C132H84N10O2. The molecular weight excluding hydrogens is 1760 g/mol. The van der Waals surface area contributed by atoms with Gasteiger partial charge in [0.2, 0.25) is 0 Å². The predicted octanol–water partition coefficient (Wildman–Crippen LogP) is 35.1. The van der Waals surface area contributed by atoms with Gasteiger partial charge in [-0.1, -0.05) is 267 Å². The van der Waals surface area contributed by atoms with Gasteiger partial charge in [0.1, 0.15) is 0 Å². The van der Waals surface area contributed by atoms with Crippen molar-refractivity contribution in [2.24, 2.45) is 0 Å². The van der Waals surface area contributed by atoms with Crippen molar-refractivity contribution in [2.45, 2.75) is 12.0 Å². The maximum Gasteiger partial charge on any atom is 0.172 e. The molecule has 0 bridgehead atoms. The molecule has 0 saturated carbocycles. The van der Waals surface area contributed by atoms with Crippen LogP contribution in [-0.2, 0) is 0 Å². The van der Waals surface area contributed by atoms with Crippen LogP contribution < -0.4 is 24.2 Å². The Morgan fingerprint density at radius 3 is 0.757 bits per heavy atom. The minimum atomic E-state index is -0.0230. The zero-order valence-corrected chi connectivity index (χ0v) is 77.8. The first kappa shape index (κ1) is 79.7. The molecule has 0 fully saturated rings. The van der Waals surface area contributed by atoms with Crippen LogP contribution in [0.3, 0.4) is 0 Å². The molecule has 9 heterocycles. The average molecular weight is 1840 g/mol. The van der Waals surface area contributed by atoms with Crippen molar-refractivity contribution >= 4 is 193 Å². The van der Waals surface area contributed by atoms with Crippen LogP contribution in [0, 0.1) is 0 Å². The molecule has 3 aliphatic rings. The van der Waals surface area contributed by atoms with E-state index in [9.17, 15) is 0 Å². The fraction of sp³-hybridized carbons (Fsp3) is 0.0152. The number of ether oxygens (including phenoxy) is 2. The molecule has 0 radical (unpaired) electrons. The van der Waals surface area contributed by atoms with Crippen molar-refractivity contribution in [3.63, 3.8) is 0 Å². The molecule has 2 unspecified atom stereocenters. The number of hydrogen-bond acceptors (Lipinski definition) is 5. The molecule has 0 saturated heterocycles. The zero-order chi connectivity index (χ0) is 94.0. The molecule has 0 spiro atoms. The lowest BCUT2D eigenvalue weighted by Crippen LogP contribution is -2.26. The Kier molecular flexibility index (Phi) is 17.2. The quantitative estimate of drug-likeness (QED) is 0.109. The number of anilines is 8. The van der Waals surface area contributed by atoms with Gasteiger partial charge in [-0.2, -0.15) is 0 Å². The van der Waals surface area contributed by atoms with Gasteiger partial charge in [0.25, 0.3) is 0 Å². The van der Waals surface area contributed by atoms with Crippen LogP contribution in [0.1, 0.15) is 28.8 Å². The van der Waals surface area contributed by atoms with Crippen LogP contribution in [0.4, 0.5) is 45.5 Å². The fourth-order valence-electron chi connectivity index (χ4n) is 24.7. The minimum absolute atomic E-state index is 0.0230. The van der Waals surface area contributed by atoms with Crippen molar-refractivity contribution in [2.75, 3.05) is 14.7 Å². The van der Waals surface area contributed by atoms with Crippen LogP contribution in [0.15, 0.2) is 491 Å². The Balaban J connectivity index is 0.554. The summed E-state index contributed by atoms with van der Waals surface area (Å²) in [6.45, 7) is 0. The monoisotopic (exact) mass is 1840 g/mol. The molecule has 31 rings (SSSR count). The van der Waals surface area contributed by atoms with Gasteiger partial charge in [-0.25, -0.2) is 0 Å². The van der Waals surface area contributed by atoms with Gasteiger partial charge in [-0.15, -0.1) is 0 Å². The minimum Gasteiger partial charge on any atom is -0.449 e. The topological polar surface area (TPSA) is 62.7 Å². The molecule has 144 heavy (non-hydrogen) atoms. The number of hydrogen-bond donors (Lipinski definition) is 0. The number of aromatic nitrogens is 7. The van der Waals surface area contributed by atoms with Crippen LogP contribution in [0.2, 0.25) is 0 Å². The number of para-hydroxylation sites is 12. The van der Waals surface area contributed by atoms with Crippen LogP contribution >= 0.6 is 0 Å². The van der Waals surface area contributed by atoms with Gasteiger partial charge in [-0.3, -0.25) is 0 Å². The number of nitrogens with zero attached hydrogens (tertiary/aromatic N) is 10. The Morgan fingerprint density at radius 1 is 0.188 bits per heavy atom. The van der Waals surface area contributed by atoms with E-state index in [0.29, 0.717) is 23.0 Å². The number of rotatable bonds is 14. The summed E-state index contributed by atoms with van der Waals surface area (Å²) in [7, 11) is 0. The Hall–Kier alpha value is -19.3. The summed E-state index contributed by atoms with van der Waals surface area (Å²) in [6.07, 6.45) is 4.82. The Labute approximate surface area is 826 Å². The largest absolute Gasteiger partial charge is 0.449 e. The Morgan fingerprint density at radius 2 is 0.438 bits per heavy atom. The summed E-state index contributed by atoms with van der Waals surface area (Å²) in [4.78, 5) is 7.27. The summed E-state index contributed by atoms with van der Waals surface area (Å²) in [6, 6.07) is 177. The normalized spacial score (nSPS) is 13.8. The first-order chi connectivity index (χ1) is 71.5. The van der Waals surface area contributed by atoms with E-state index in [4.69, 9.17) is 9.47 Å². The third kappa shape index (κ3) is 11.7. The van der Waals surface area contributed by atoms with Crippen LogP contribution in [0.5, 0.6) is 23.0 Å². The molecule has 21 aromatic carbocycles. The summed E-state index contributed by atoms with van der Waals surface area (Å²) < 4.78 is 32.0. The first-order valence-electron chi connectivity index (χ1n) is 49.4.